The summed E-state index contributed by atoms with van der Waals surface area (Å²) < 4.78 is 5.60. The molecule has 6 heteroatoms. The van der Waals surface area contributed by atoms with Crippen molar-refractivity contribution in [2.45, 2.75) is 58.4 Å². The van der Waals surface area contributed by atoms with Gasteiger partial charge in [0, 0.05) is 31.3 Å². The van der Waals surface area contributed by atoms with Gasteiger partial charge in [0.2, 0.25) is 17.6 Å². The number of aromatic nitrogens is 2. The van der Waals surface area contributed by atoms with E-state index in [0.717, 1.165) is 31.5 Å². The summed E-state index contributed by atoms with van der Waals surface area (Å²) in [5.74, 6) is 1.44. The number of rotatable bonds is 5. The molecule has 4 rings (SSSR count). The van der Waals surface area contributed by atoms with Crippen LogP contribution in [-0.4, -0.2) is 29.1 Å². The van der Waals surface area contributed by atoms with E-state index in [1.165, 1.54) is 36.9 Å². The van der Waals surface area contributed by atoms with Gasteiger partial charge in [-0.2, -0.15) is 4.98 Å². The Morgan fingerprint density at radius 2 is 1.96 bits per heavy atom. The molecule has 1 saturated carbocycles. The summed E-state index contributed by atoms with van der Waals surface area (Å²) in [5, 5.41) is 7.25. The number of carbonyl (C=O) groups is 1. The van der Waals surface area contributed by atoms with Crippen molar-refractivity contribution >= 4 is 11.6 Å². The molecule has 1 N–H and O–H groups in total. The third-order valence-electron chi connectivity index (χ3n) is 5.85. The lowest BCUT2D eigenvalue weighted by atomic mass is 9.98. The Balaban J connectivity index is 1.61. The average Bonchev–Trinajstić information content (AvgIpc) is 3.42. The Bertz CT molecular complexity index is 804. The predicted molar refractivity (Wildman–Crippen MR) is 104 cm³/mol. The zero-order valence-corrected chi connectivity index (χ0v) is 16.2. The Morgan fingerprint density at radius 1 is 1.22 bits per heavy atom. The molecule has 1 aromatic heterocycles. The first-order valence-corrected chi connectivity index (χ1v) is 10.1. The van der Waals surface area contributed by atoms with Crippen LogP contribution in [0.3, 0.4) is 0 Å². The summed E-state index contributed by atoms with van der Waals surface area (Å²) in [6.07, 6.45) is 7.06. The van der Waals surface area contributed by atoms with Gasteiger partial charge in [-0.3, -0.25) is 4.79 Å². The zero-order valence-electron chi connectivity index (χ0n) is 16.2. The molecule has 0 spiro atoms. The summed E-state index contributed by atoms with van der Waals surface area (Å²) in [7, 11) is 0. The summed E-state index contributed by atoms with van der Waals surface area (Å²) in [4.78, 5) is 18.8. The largest absolute Gasteiger partial charge is 0.371 e. The number of nitrogens with zero attached hydrogens (tertiary/aromatic N) is 3. The molecule has 1 aliphatic heterocycles. The molecule has 1 unspecified atom stereocenters. The Kier molecular flexibility index (Phi) is 5.14. The fraction of sp³-hybridized carbons (Fsp3) is 0.571. The van der Waals surface area contributed by atoms with Crippen molar-refractivity contribution in [2.24, 2.45) is 5.92 Å². The first-order chi connectivity index (χ1) is 13.1. The quantitative estimate of drug-likeness (QED) is 0.863. The lowest BCUT2D eigenvalue weighted by Crippen LogP contribution is -2.31. The van der Waals surface area contributed by atoms with Gasteiger partial charge in [0.1, 0.15) is 6.04 Å². The van der Waals surface area contributed by atoms with E-state index < -0.39 is 0 Å². The lowest BCUT2D eigenvalue weighted by molar-refractivity contribution is -0.120. The number of nitrogens with one attached hydrogen (secondary N) is 1. The van der Waals surface area contributed by atoms with Crippen LogP contribution >= 0.6 is 0 Å². The van der Waals surface area contributed by atoms with Crippen molar-refractivity contribution in [2.75, 3.05) is 18.0 Å². The molecule has 1 aromatic carbocycles. The highest BCUT2D eigenvalue weighted by Gasteiger charge is 2.31. The first-order valence-electron chi connectivity index (χ1n) is 10.1. The van der Waals surface area contributed by atoms with E-state index in [4.69, 9.17) is 4.52 Å². The zero-order chi connectivity index (χ0) is 18.8. The molecule has 1 aliphatic carbocycles. The van der Waals surface area contributed by atoms with Gasteiger partial charge >= 0.3 is 0 Å². The van der Waals surface area contributed by atoms with E-state index in [-0.39, 0.29) is 11.9 Å². The molecular formula is C21H28N4O2. The minimum absolute atomic E-state index is 0.0571. The summed E-state index contributed by atoms with van der Waals surface area (Å²) in [5.41, 5.74) is 3.49. The fourth-order valence-corrected chi connectivity index (χ4v) is 4.42. The summed E-state index contributed by atoms with van der Waals surface area (Å²) in [6, 6.07) is 6.15. The van der Waals surface area contributed by atoms with Crippen molar-refractivity contribution in [1.29, 1.82) is 0 Å². The van der Waals surface area contributed by atoms with Gasteiger partial charge in [-0.25, -0.2) is 0 Å². The van der Waals surface area contributed by atoms with Crippen LogP contribution in [0.1, 0.15) is 62.9 Å². The fourth-order valence-electron chi connectivity index (χ4n) is 4.42. The monoisotopic (exact) mass is 368 g/mol. The number of hydrogen-bond acceptors (Lipinski definition) is 5. The van der Waals surface area contributed by atoms with Crippen LogP contribution in [0, 0.1) is 12.8 Å². The highest BCUT2D eigenvalue weighted by Crippen LogP contribution is 2.36. The molecular weight excluding hydrogens is 340 g/mol. The van der Waals surface area contributed by atoms with E-state index in [1.54, 1.807) is 6.92 Å². The van der Waals surface area contributed by atoms with Crippen LogP contribution in [0.2, 0.25) is 0 Å². The van der Waals surface area contributed by atoms with Gasteiger partial charge in [-0.1, -0.05) is 30.1 Å². The Morgan fingerprint density at radius 3 is 2.67 bits per heavy atom. The van der Waals surface area contributed by atoms with Crippen LogP contribution in [0.15, 0.2) is 22.7 Å². The summed E-state index contributed by atoms with van der Waals surface area (Å²) >= 11 is 0. The normalized spacial score (nSPS) is 18.8. The molecule has 2 aliphatic rings. The molecule has 1 amide bonds. The van der Waals surface area contributed by atoms with Gasteiger partial charge in [0.15, 0.2) is 0 Å². The maximum Gasteiger partial charge on any atom is 0.249 e. The van der Waals surface area contributed by atoms with E-state index >= 15 is 0 Å². The second-order valence-electron chi connectivity index (χ2n) is 7.87. The number of anilines is 1. The van der Waals surface area contributed by atoms with Crippen LogP contribution in [0.4, 0.5) is 5.69 Å². The van der Waals surface area contributed by atoms with Crippen molar-refractivity contribution in [3.63, 3.8) is 0 Å². The first kappa shape index (κ1) is 18.0. The maximum atomic E-state index is 11.7. The molecule has 1 atom stereocenters. The van der Waals surface area contributed by atoms with Crippen LogP contribution in [0.5, 0.6) is 0 Å². The highest BCUT2D eigenvalue weighted by molar-refractivity contribution is 5.73. The second kappa shape index (κ2) is 7.71. The van der Waals surface area contributed by atoms with E-state index in [2.05, 4.69) is 39.4 Å². The minimum atomic E-state index is -0.185. The average molecular weight is 368 g/mol. The number of benzene rings is 1. The van der Waals surface area contributed by atoms with E-state index in [9.17, 15) is 4.79 Å². The molecule has 2 aromatic rings. The number of carbonyl (C=O) groups excluding carboxylic acids is 1. The van der Waals surface area contributed by atoms with E-state index in [0.29, 0.717) is 17.6 Å². The predicted octanol–water partition coefficient (Wildman–Crippen LogP) is 4.01. The molecule has 0 bridgehead atoms. The van der Waals surface area contributed by atoms with Crippen molar-refractivity contribution < 1.29 is 9.32 Å². The van der Waals surface area contributed by atoms with Crippen molar-refractivity contribution in [3.05, 3.63) is 29.7 Å². The smallest absolute Gasteiger partial charge is 0.249 e. The number of hydrogen-bond donors (Lipinski definition) is 1. The molecule has 1 saturated heterocycles. The van der Waals surface area contributed by atoms with E-state index in [1.807, 2.05) is 6.07 Å². The van der Waals surface area contributed by atoms with Crippen molar-refractivity contribution in [3.8, 4) is 11.4 Å². The molecule has 27 heavy (non-hydrogen) atoms. The molecule has 144 valence electrons. The molecule has 6 nitrogen and oxygen atoms in total. The number of aryl methyl sites for hydroxylation is 1. The van der Waals surface area contributed by atoms with Gasteiger partial charge in [0.25, 0.3) is 0 Å². The van der Waals surface area contributed by atoms with Crippen molar-refractivity contribution in [1.82, 2.24) is 15.5 Å². The lowest BCUT2D eigenvalue weighted by Gasteiger charge is -2.20. The SMILES string of the molecule is CC(=O)NC(c1nc(-c2ccc(C)c(N3CCCC3)c2)no1)C1CCCC1. The third kappa shape index (κ3) is 3.84. The third-order valence-corrected chi connectivity index (χ3v) is 5.85. The topological polar surface area (TPSA) is 71.3 Å². The Labute approximate surface area is 160 Å². The van der Waals surface area contributed by atoms with Gasteiger partial charge in [-0.15, -0.1) is 0 Å². The molecule has 0 radical (unpaired) electrons. The molecule has 2 fully saturated rings. The minimum Gasteiger partial charge on any atom is -0.371 e. The van der Waals surface area contributed by atoms with Crippen LogP contribution in [-0.2, 0) is 4.79 Å². The van der Waals surface area contributed by atoms with Gasteiger partial charge in [-0.05, 0) is 50.2 Å². The standard InChI is InChI=1S/C21H28N4O2/c1-14-9-10-17(13-18(14)25-11-5-6-12-25)20-23-21(27-24-20)19(22-15(2)26)16-7-3-4-8-16/h9-10,13,16,19H,3-8,11-12H2,1-2H3,(H,22,26). The maximum absolute atomic E-state index is 11.7. The number of amides is 1. The van der Waals surface area contributed by atoms with Crippen LogP contribution in [0.25, 0.3) is 11.4 Å². The highest BCUT2D eigenvalue weighted by atomic mass is 16.5. The van der Waals surface area contributed by atoms with Gasteiger partial charge in [0.05, 0.1) is 0 Å². The Hall–Kier alpha value is -2.37. The second-order valence-corrected chi connectivity index (χ2v) is 7.87. The van der Waals surface area contributed by atoms with Crippen LogP contribution < -0.4 is 10.2 Å². The van der Waals surface area contributed by atoms with Gasteiger partial charge < -0.3 is 14.7 Å². The summed E-state index contributed by atoms with van der Waals surface area (Å²) in [6.45, 7) is 5.90. The molecule has 2 heterocycles.